The fourth-order valence-electron chi connectivity index (χ4n) is 9.58. The number of allylic oxidation sites excluding steroid dienone is 4. The van der Waals surface area contributed by atoms with Crippen LogP contribution in [-0.2, 0) is 40.7 Å². The van der Waals surface area contributed by atoms with E-state index in [0.29, 0.717) is 56.0 Å². The number of carbonyl (C=O) groups is 2. The summed E-state index contributed by atoms with van der Waals surface area (Å²) in [5, 5.41) is 9.32. The van der Waals surface area contributed by atoms with Gasteiger partial charge in [0.25, 0.3) is 20.2 Å². The van der Waals surface area contributed by atoms with Crippen molar-refractivity contribution >= 4 is 66.4 Å². The first-order chi connectivity index (χ1) is 28.7. The van der Waals surface area contributed by atoms with E-state index in [1.165, 1.54) is 30.7 Å². The first-order valence-corrected chi connectivity index (χ1v) is 24.0. The van der Waals surface area contributed by atoms with Gasteiger partial charge in [-0.2, -0.15) is 21.4 Å². The van der Waals surface area contributed by atoms with Crippen molar-refractivity contribution in [1.29, 1.82) is 0 Å². The second-order valence-electron chi connectivity index (χ2n) is 17.4. The van der Waals surface area contributed by atoms with Gasteiger partial charge < -0.3 is 20.9 Å². The van der Waals surface area contributed by atoms with Gasteiger partial charge in [-0.15, -0.1) is 0 Å². The number of halogens is 1. The second kappa shape index (κ2) is 17.0. The lowest BCUT2D eigenvalue weighted by Crippen LogP contribution is -2.32. The highest BCUT2D eigenvalue weighted by atomic mass is 35.5. The lowest BCUT2D eigenvalue weighted by Gasteiger charge is -2.25. The molecule has 4 aliphatic rings. The first kappa shape index (κ1) is 44.6. The summed E-state index contributed by atoms with van der Waals surface area (Å²) in [7, 11) is -8.85. The van der Waals surface area contributed by atoms with Crippen LogP contribution in [0.1, 0.15) is 102 Å². The molecule has 326 valence electrons. The molecule has 3 atom stereocenters. The number of hydrogen-bond acceptors (Lipinski definition) is 9. The molecule has 1 aromatic heterocycles. The molecule has 7 rings (SSSR count). The lowest BCUT2D eigenvalue weighted by atomic mass is 9.81. The molecule has 0 saturated carbocycles. The van der Waals surface area contributed by atoms with E-state index in [-0.39, 0.29) is 33.8 Å². The van der Waals surface area contributed by atoms with Crippen LogP contribution in [0.2, 0.25) is 5.15 Å². The molecule has 17 heteroatoms. The molecule has 2 fully saturated rings. The van der Waals surface area contributed by atoms with Gasteiger partial charge in [-0.05, 0) is 106 Å². The Bertz CT molecular complexity index is 2590. The number of hydrogen-bond donors (Lipinski definition) is 5. The molecule has 2 amide bonds. The number of amides is 2. The Hall–Kier alpha value is -4.45. The Labute approximate surface area is 363 Å². The normalized spacial score (nSPS) is 22.0. The summed E-state index contributed by atoms with van der Waals surface area (Å²) in [6.45, 7) is 11.0. The highest BCUT2D eigenvalue weighted by Crippen LogP contribution is 2.49. The van der Waals surface area contributed by atoms with Crippen LogP contribution in [-0.4, -0.2) is 84.7 Å². The lowest BCUT2D eigenvalue weighted by molar-refractivity contribution is -0.438. The van der Waals surface area contributed by atoms with E-state index < -0.39 is 37.0 Å². The minimum atomic E-state index is -4.45. The monoisotopic (exact) mass is 893 g/mol. The maximum Gasteiger partial charge on any atom is 0.294 e. The number of rotatable bonds is 15. The van der Waals surface area contributed by atoms with Crippen LogP contribution in [0.3, 0.4) is 0 Å². The van der Waals surface area contributed by atoms with Gasteiger partial charge in [0.05, 0.1) is 27.4 Å². The molecule has 2 bridgehead atoms. The van der Waals surface area contributed by atoms with Gasteiger partial charge in [0.1, 0.15) is 6.54 Å². The van der Waals surface area contributed by atoms with Crippen molar-refractivity contribution in [3.8, 4) is 0 Å². The zero-order chi connectivity index (χ0) is 44.1. The Balaban J connectivity index is 1.00. The fraction of sp³-hybridized carbons (Fsp3) is 0.455. The van der Waals surface area contributed by atoms with E-state index in [4.69, 9.17) is 11.6 Å². The summed E-state index contributed by atoms with van der Waals surface area (Å²) in [6.07, 6.45) is 13.2. The second-order valence-corrected chi connectivity index (χ2v) is 20.6. The van der Waals surface area contributed by atoms with E-state index in [1.54, 1.807) is 18.3 Å². The van der Waals surface area contributed by atoms with Crippen LogP contribution < -0.4 is 20.9 Å². The quantitative estimate of drug-likeness (QED) is 0.0467. The van der Waals surface area contributed by atoms with Gasteiger partial charge in [0, 0.05) is 78.1 Å². The van der Waals surface area contributed by atoms with Crippen molar-refractivity contribution in [2.45, 2.75) is 118 Å². The maximum absolute atomic E-state index is 12.8. The molecule has 0 unspecified atom stereocenters. The van der Waals surface area contributed by atoms with Gasteiger partial charge in [-0.1, -0.05) is 31.5 Å². The van der Waals surface area contributed by atoms with Crippen molar-refractivity contribution < 1.29 is 40.1 Å². The van der Waals surface area contributed by atoms with Gasteiger partial charge in [-0.3, -0.25) is 18.7 Å². The van der Waals surface area contributed by atoms with Gasteiger partial charge >= 0.3 is 0 Å². The van der Waals surface area contributed by atoms with Crippen LogP contribution in [0.4, 0.5) is 17.1 Å². The van der Waals surface area contributed by atoms with E-state index in [0.717, 1.165) is 52.3 Å². The third kappa shape index (κ3) is 9.07. The van der Waals surface area contributed by atoms with Crippen LogP contribution in [0, 0.1) is 0 Å². The number of aromatic nitrogens is 1. The molecular weight excluding hydrogens is 840 g/mol. The van der Waals surface area contributed by atoms with Gasteiger partial charge in [0.15, 0.2) is 10.9 Å². The zero-order valence-electron chi connectivity index (χ0n) is 35.0. The predicted octanol–water partition coefficient (Wildman–Crippen LogP) is 6.79. The average molecular weight is 895 g/mol. The molecule has 2 aromatic carbocycles. The van der Waals surface area contributed by atoms with Crippen molar-refractivity contribution in [1.82, 2.24) is 15.6 Å². The smallest absolute Gasteiger partial charge is 0.294 e. The standard InChI is InChI=1S/C44H53ClN6O8S2/c1-6-50-36-18-15-29(60(54,55)56)23-32(36)43(2,3)38(50)11-10-12-39-44(4,5)33-24-30(61(57,58)59)16-19-37(33)51(39)20-9-7-8-13-40(52)46-26-41(53)49-35-21-27(25-47-42(35)45)31-22-28-14-17-34(31)48-28/h10-12,15-16,18-19,21,23-25,28,31,34,48H,6-9,13-14,17,20,22,26H2,1-5H3,(H3-,46,49,52,53,54,55,56,57,58,59)/p+1/t28-,31+,34+/m0/s1. The summed E-state index contributed by atoms with van der Waals surface area (Å²) in [4.78, 5) is 31.6. The van der Waals surface area contributed by atoms with Gasteiger partial charge in [0.2, 0.25) is 17.5 Å². The van der Waals surface area contributed by atoms with Crippen molar-refractivity contribution in [2.75, 3.05) is 29.9 Å². The average Bonchev–Trinajstić information content (AvgIpc) is 3.93. The molecule has 14 nitrogen and oxygen atoms in total. The number of anilines is 2. The molecule has 5 heterocycles. The summed E-state index contributed by atoms with van der Waals surface area (Å²) < 4.78 is 70.1. The maximum atomic E-state index is 12.8. The van der Waals surface area contributed by atoms with Crippen LogP contribution in [0.25, 0.3) is 0 Å². The van der Waals surface area contributed by atoms with Crippen LogP contribution in [0.5, 0.6) is 0 Å². The number of fused-ring (bicyclic) bond motifs is 4. The minimum Gasteiger partial charge on any atom is -0.347 e. The van der Waals surface area contributed by atoms with E-state index in [9.17, 15) is 35.5 Å². The minimum absolute atomic E-state index is 0.166. The Kier molecular flexibility index (Phi) is 12.4. The molecule has 4 aliphatic heterocycles. The van der Waals surface area contributed by atoms with E-state index >= 15 is 0 Å². The number of pyridine rings is 1. The van der Waals surface area contributed by atoms with Gasteiger partial charge in [-0.25, -0.2) is 4.98 Å². The molecule has 2 saturated heterocycles. The van der Waals surface area contributed by atoms with Crippen molar-refractivity contribution in [3.63, 3.8) is 0 Å². The molecule has 61 heavy (non-hydrogen) atoms. The Morgan fingerprint density at radius 2 is 1.66 bits per heavy atom. The number of carbonyl (C=O) groups excluding carboxylic acids is 2. The van der Waals surface area contributed by atoms with Crippen LogP contribution in [0.15, 0.2) is 82.4 Å². The largest absolute Gasteiger partial charge is 0.347 e. The third-order valence-electron chi connectivity index (χ3n) is 12.7. The number of nitrogens with one attached hydrogen (secondary N) is 3. The fourth-order valence-corrected chi connectivity index (χ4v) is 10.7. The van der Waals surface area contributed by atoms with Crippen molar-refractivity contribution in [3.05, 3.63) is 94.4 Å². The first-order valence-electron chi connectivity index (χ1n) is 20.7. The van der Waals surface area contributed by atoms with Crippen molar-refractivity contribution in [2.24, 2.45) is 0 Å². The third-order valence-corrected chi connectivity index (χ3v) is 14.7. The molecule has 3 aromatic rings. The Morgan fingerprint density at radius 1 is 0.951 bits per heavy atom. The summed E-state index contributed by atoms with van der Waals surface area (Å²) in [5.74, 6) is -0.311. The number of nitrogens with zero attached hydrogens (tertiary/aromatic N) is 3. The molecule has 0 radical (unpaired) electrons. The molecule has 0 spiro atoms. The van der Waals surface area contributed by atoms with E-state index in [1.807, 2.05) is 58.9 Å². The summed E-state index contributed by atoms with van der Waals surface area (Å²) in [5.41, 5.74) is 5.20. The van der Waals surface area contributed by atoms with Crippen LogP contribution >= 0.6 is 11.6 Å². The highest BCUT2D eigenvalue weighted by molar-refractivity contribution is 7.86. The summed E-state index contributed by atoms with van der Waals surface area (Å²) >= 11 is 6.32. The topological polar surface area (TPSA) is 198 Å². The zero-order valence-corrected chi connectivity index (χ0v) is 37.4. The highest BCUT2D eigenvalue weighted by Gasteiger charge is 2.45. The molecular formula is C44H54ClN6O8S2+. The number of likely N-dealkylation sites (N-methyl/N-ethyl adjacent to an activating group) is 1. The predicted molar refractivity (Wildman–Crippen MR) is 235 cm³/mol. The number of benzene rings is 2. The molecule has 5 N–H and O–H groups in total. The Morgan fingerprint density at radius 3 is 2.31 bits per heavy atom. The molecule has 0 aliphatic carbocycles. The SMILES string of the molecule is CCN1/C(=C/C=C/C2=[N+](CCCCCC(=O)NCC(=O)Nc3cc([C@H]4C[C@@H]5CC[C@H]4N5)cnc3Cl)c3ccc(S(=O)(=O)O)cc3C2(C)C)C(C)(C)c2cc(S(=O)(=O)O)ccc21. The number of unbranched alkanes of at least 4 members (excludes halogenated alkanes) is 2. The van der Waals surface area contributed by atoms with E-state index in [2.05, 4.69) is 30.4 Å². The summed E-state index contributed by atoms with van der Waals surface area (Å²) in [6, 6.07) is 12.0.